The number of amides is 1. The lowest BCUT2D eigenvalue weighted by Gasteiger charge is -2.33. The highest BCUT2D eigenvalue weighted by atomic mass is 32.2. The van der Waals surface area contributed by atoms with E-state index in [4.69, 9.17) is 5.73 Å². The topological polar surface area (TPSA) is 92.5 Å². The zero-order valence-corrected chi connectivity index (χ0v) is 14.2. The lowest BCUT2D eigenvalue weighted by molar-refractivity contribution is -0.123. The highest BCUT2D eigenvalue weighted by Crippen LogP contribution is 2.25. The fourth-order valence-electron chi connectivity index (χ4n) is 2.72. The third-order valence-electron chi connectivity index (χ3n) is 4.02. The molecule has 6 nitrogen and oxygen atoms in total. The summed E-state index contributed by atoms with van der Waals surface area (Å²) in [5.41, 5.74) is 5.61. The minimum atomic E-state index is -4.51. The maximum absolute atomic E-state index is 12.7. The molecule has 1 fully saturated rings. The molecule has 10 heteroatoms. The number of sulfonamides is 1. The number of rotatable bonds is 5. The second-order valence-electron chi connectivity index (χ2n) is 5.82. The van der Waals surface area contributed by atoms with Gasteiger partial charge >= 0.3 is 6.18 Å². The molecule has 1 aromatic carbocycles. The minimum Gasteiger partial charge on any atom is -0.343 e. The Morgan fingerprint density at radius 2 is 1.88 bits per heavy atom. The van der Waals surface area contributed by atoms with E-state index in [-0.39, 0.29) is 23.0 Å². The molecular formula is C15H20F3N3O3S. The van der Waals surface area contributed by atoms with Crippen LogP contribution in [0, 0.1) is 0 Å². The summed E-state index contributed by atoms with van der Waals surface area (Å²) in [4.78, 5) is 11.7. The molecule has 1 unspecified atom stereocenters. The van der Waals surface area contributed by atoms with Crippen LogP contribution in [0.25, 0.3) is 0 Å². The standard InChI is InChI=1S/C15H20F3N3O3S/c16-15(17,18)10-20-14(22)11-4-6-13(7-5-11)25(23,24)21-8-2-1-3-12(21)9-19/h4-7,12H,1-3,8-10,19H2,(H,20,22). The van der Waals surface area contributed by atoms with Crippen molar-refractivity contribution in [2.75, 3.05) is 19.6 Å². The van der Waals surface area contributed by atoms with Crippen LogP contribution in [0.3, 0.4) is 0 Å². The summed E-state index contributed by atoms with van der Waals surface area (Å²) in [6, 6.07) is 4.56. The maximum Gasteiger partial charge on any atom is 0.405 e. The Labute approximate surface area is 144 Å². The van der Waals surface area contributed by atoms with Crippen molar-refractivity contribution in [1.82, 2.24) is 9.62 Å². The van der Waals surface area contributed by atoms with Gasteiger partial charge in [0.15, 0.2) is 0 Å². The van der Waals surface area contributed by atoms with Crippen LogP contribution in [0.5, 0.6) is 0 Å². The molecule has 1 amide bonds. The van der Waals surface area contributed by atoms with Crippen molar-refractivity contribution in [2.45, 2.75) is 36.4 Å². The fourth-order valence-corrected chi connectivity index (χ4v) is 4.43. The van der Waals surface area contributed by atoms with Crippen LogP contribution < -0.4 is 11.1 Å². The number of piperidine rings is 1. The molecule has 1 aliphatic rings. The van der Waals surface area contributed by atoms with Gasteiger partial charge < -0.3 is 11.1 Å². The van der Waals surface area contributed by atoms with Crippen LogP contribution in [0.2, 0.25) is 0 Å². The lowest BCUT2D eigenvalue weighted by atomic mass is 10.1. The predicted molar refractivity (Wildman–Crippen MR) is 85.4 cm³/mol. The fraction of sp³-hybridized carbons (Fsp3) is 0.533. The Hall–Kier alpha value is -1.65. The normalized spacial score (nSPS) is 19.6. The summed E-state index contributed by atoms with van der Waals surface area (Å²) in [7, 11) is -3.76. The molecule has 1 aromatic rings. The molecule has 0 aromatic heterocycles. The van der Waals surface area contributed by atoms with E-state index in [1.165, 1.54) is 28.6 Å². The van der Waals surface area contributed by atoms with Gasteiger partial charge in [-0.05, 0) is 37.1 Å². The average molecular weight is 379 g/mol. The van der Waals surface area contributed by atoms with Crippen LogP contribution in [0.15, 0.2) is 29.2 Å². The monoisotopic (exact) mass is 379 g/mol. The van der Waals surface area contributed by atoms with Gasteiger partial charge in [-0.3, -0.25) is 4.79 Å². The van der Waals surface area contributed by atoms with Gasteiger partial charge in [-0.25, -0.2) is 8.42 Å². The summed E-state index contributed by atoms with van der Waals surface area (Å²) in [5.74, 6) is -0.918. The summed E-state index contributed by atoms with van der Waals surface area (Å²) in [6.45, 7) is -0.854. The van der Waals surface area contributed by atoms with Gasteiger partial charge in [0.25, 0.3) is 5.91 Å². The van der Waals surface area contributed by atoms with Gasteiger partial charge in [-0.1, -0.05) is 6.42 Å². The van der Waals surface area contributed by atoms with Crippen LogP contribution in [0.1, 0.15) is 29.6 Å². The lowest BCUT2D eigenvalue weighted by Crippen LogP contribution is -2.47. The third kappa shape index (κ3) is 4.93. The zero-order chi connectivity index (χ0) is 18.7. The van der Waals surface area contributed by atoms with E-state index in [0.29, 0.717) is 13.0 Å². The Bertz CT molecular complexity index is 705. The number of nitrogens with zero attached hydrogens (tertiary/aromatic N) is 1. The molecule has 1 heterocycles. The van der Waals surface area contributed by atoms with Gasteiger partial charge in [0.1, 0.15) is 6.54 Å². The van der Waals surface area contributed by atoms with Gasteiger partial charge in [0.2, 0.25) is 10.0 Å². The Kier molecular flexibility index (Phi) is 6.07. The highest BCUT2D eigenvalue weighted by molar-refractivity contribution is 7.89. The van der Waals surface area contributed by atoms with Crippen LogP contribution in [0.4, 0.5) is 13.2 Å². The van der Waals surface area contributed by atoms with Gasteiger partial charge in [-0.2, -0.15) is 17.5 Å². The smallest absolute Gasteiger partial charge is 0.343 e. The zero-order valence-electron chi connectivity index (χ0n) is 13.4. The molecule has 1 aliphatic heterocycles. The maximum atomic E-state index is 12.7. The molecule has 2 rings (SSSR count). The van der Waals surface area contributed by atoms with E-state index in [1.54, 1.807) is 5.32 Å². The van der Waals surface area contributed by atoms with E-state index in [9.17, 15) is 26.4 Å². The number of hydrogen-bond donors (Lipinski definition) is 2. The van der Waals surface area contributed by atoms with Crippen LogP contribution >= 0.6 is 0 Å². The van der Waals surface area contributed by atoms with E-state index in [1.807, 2.05) is 0 Å². The second kappa shape index (κ2) is 7.71. The number of hydrogen-bond acceptors (Lipinski definition) is 4. The number of carbonyl (C=O) groups excluding carboxylic acids is 1. The van der Waals surface area contributed by atoms with Crippen molar-refractivity contribution in [3.8, 4) is 0 Å². The Morgan fingerprint density at radius 1 is 1.24 bits per heavy atom. The summed E-state index contributed by atoms with van der Waals surface area (Å²) in [6.07, 6.45) is -2.17. The van der Waals surface area contributed by atoms with Gasteiger partial charge in [0, 0.05) is 24.7 Å². The second-order valence-corrected chi connectivity index (χ2v) is 7.71. The van der Waals surface area contributed by atoms with Gasteiger partial charge in [-0.15, -0.1) is 0 Å². The van der Waals surface area contributed by atoms with Crippen LogP contribution in [-0.4, -0.2) is 50.5 Å². The van der Waals surface area contributed by atoms with E-state index in [2.05, 4.69) is 0 Å². The average Bonchev–Trinajstić information content (AvgIpc) is 2.59. The quantitative estimate of drug-likeness (QED) is 0.811. The predicted octanol–water partition coefficient (Wildman–Crippen LogP) is 1.48. The molecule has 1 saturated heterocycles. The molecule has 1 atom stereocenters. The molecular weight excluding hydrogens is 359 g/mol. The third-order valence-corrected chi connectivity index (χ3v) is 5.98. The summed E-state index contributed by atoms with van der Waals surface area (Å²) >= 11 is 0. The first-order chi connectivity index (χ1) is 11.6. The van der Waals surface area contributed by atoms with Crippen LogP contribution in [-0.2, 0) is 10.0 Å². The molecule has 140 valence electrons. The number of nitrogens with two attached hydrogens (primary N) is 1. The number of halogens is 3. The van der Waals surface area contributed by atoms with Crippen molar-refractivity contribution < 1.29 is 26.4 Å². The van der Waals surface area contributed by atoms with Crippen molar-refractivity contribution in [3.05, 3.63) is 29.8 Å². The summed E-state index contributed by atoms with van der Waals surface area (Å²) < 4.78 is 63.1. The number of benzene rings is 1. The van der Waals surface area contributed by atoms with E-state index < -0.39 is 28.7 Å². The first-order valence-electron chi connectivity index (χ1n) is 7.82. The van der Waals surface area contributed by atoms with E-state index in [0.717, 1.165) is 12.8 Å². The first-order valence-corrected chi connectivity index (χ1v) is 9.26. The first kappa shape index (κ1) is 19.7. The minimum absolute atomic E-state index is 0.0137. The summed E-state index contributed by atoms with van der Waals surface area (Å²) in [5, 5.41) is 1.74. The molecule has 0 spiro atoms. The van der Waals surface area contributed by atoms with Crippen molar-refractivity contribution in [3.63, 3.8) is 0 Å². The highest BCUT2D eigenvalue weighted by Gasteiger charge is 2.33. The molecule has 0 radical (unpaired) electrons. The Balaban J connectivity index is 2.14. The Morgan fingerprint density at radius 3 is 2.44 bits per heavy atom. The number of carbonyl (C=O) groups is 1. The SMILES string of the molecule is NCC1CCCCN1S(=O)(=O)c1ccc(C(=O)NCC(F)(F)F)cc1. The molecule has 25 heavy (non-hydrogen) atoms. The molecule has 0 bridgehead atoms. The number of nitrogens with one attached hydrogen (secondary N) is 1. The van der Waals surface area contributed by atoms with Crippen molar-refractivity contribution in [2.24, 2.45) is 5.73 Å². The largest absolute Gasteiger partial charge is 0.405 e. The molecule has 0 saturated carbocycles. The number of alkyl halides is 3. The van der Waals surface area contributed by atoms with Gasteiger partial charge in [0.05, 0.1) is 4.90 Å². The van der Waals surface area contributed by atoms with Crippen molar-refractivity contribution >= 4 is 15.9 Å². The molecule has 0 aliphatic carbocycles. The van der Waals surface area contributed by atoms with E-state index >= 15 is 0 Å². The van der Waals surface area contributed by atoms with Crippen molar-refractivity contribution in [1.29, 1.82) is 0 Å². The molecule has 3 N–H and O–H groups in total.